The lowest BCUT2D eigenvalue weighted by atomic mass is 10.3. The number of methoxy groups -OCH3 is 1. The number of carbonyl (C=O) groups excluding carboxylic acids is 1. The Kier molecular flexibility index (Phi) is 10.0. The Morgan fingerprint density at radius 1 is 1.39 bits per heavy atom. The highest BCUT2D eigenvalue weighted by Crippen LogP contribution is 2.35. The second-order valence-electron chi connectivity index (χ2n) is 4.36. The summed E-state index contributed by atoms with van der Waals surface area (Å²) in [6.45, 7) is 2.33. The van der Waals surface area contributed by atoms with Crippen LogP contribution in [0.1, 0.15) is 13.3 Å². The van der Waals surface area contributed by atoms with Crippen LogP contribution in [0.3, 0.4) is 0 Å². The standard InChI is InChI=1S/C16H22NO5P/c1-4-9-15(19-3)13-21-23(17-12-16(18)20-5-2)22-14-10-7-6-8-11-14/h1,6-8,10-11,15,17H,5,9,12-13H2,2-3H3. The van der Waals surface area contributed by atoms with Crippen LogP contribution in [0, 0.1) is 12.3 Å². The van der Waals surface area contributed by atoms with Gasteiger partial charge in [-0.25, -0.2) is 5.09 Å². The van der Waals surface area contributed by atoms with Crippen LogP contribution in [0.2, 0.25) is 0 Å². The minimum Gasteiger partial charge on any atom is -0.465 e. The Morgan fingerprint density at radius 2 is 2.13 bits per heavy atom. The number of benzene rings is 1. The van der Waals surface area contributed by atoms with Gasteiger partial charge in [0.25, 0.3) is 0 Å². The summed E-state index contributed by atoms with van der Waals surface area (Å²) in [5.74, 6) is 2.80. The summed E-state index contributed by atoms with van der Waals surface area (Å²) < 4.78 is 21.5. The van der Waals surface area contributed by atoms with E-state index in [2.05, 4.69) is 11.0 Å². The molecule has 0 aliphatic carbocycles. The number of hydrogen-bond acceptors (Lipinski definition) is 6. The Morgan fingerprint density at radius 3 is 2.74 bits per heavy atom. The van der Waals surface area contributed by atoms with Crippen LogP contribution >= 0.6 is 8.53 Å². The van der Waals surface area contributed by atoms with Crippen LogP contribution < -0.4 is 9.61 Å². The van der Waals surface area contributed by atoms with Crippen LogP contribution in [0.25, 0.3) is 0 Å². The van der Waals surface area contributed by atoms with Crippen LogP contribution in [-0.4, -0.2) is 38.9 Å². The number of terminal acetylenes is 1. The largest absolute Gasteiger partial charge is 0.465 e. The number of nitrogens with one attached hydrogen (secondary N) is 1. The topological polar surface area (TPSA) is 66.0 Å². The van der Waals surface area contributed by atoms with Crippen molar-refractivity contribution in [1.29, 1.82) is 0 Å². The molecule has 1 N–H and O–H groups in total. The fourth-order valence-electron chi connectivity index (χ4n) is 1.52. The van der Waals surface area contributed by atoms with Gasteiger partial charge in [0.2, 0.25) is 0 Å². The first kappa shape index (κ1) is 19.4. The van der Waals surface area contributed by atoms with Gasteiger partial charge in [0.15, 0.2) is 0 Å². The number of carbonyl (C=O) groups is 1. The lowest BCUT2D eigenvalue weighted by Crippen LogP contribution is -2.25. The van der Waals surface area contributed by atoms with Crippen molar-refractivity contribution < 1.29 is 23.3 Å². The lowest BCUT2D eigenvalue weighted by molar-refractivity contribution is -0.141. The van der Waals surface area contributed by atoms with Gasteiger partial charge in [-0.1, -0.05) is 18.2 Å². The van der Waals surface area contributed by atoms with Crippen molar-refractivity contribution in [1.82, 2.24) is 5.09 Å². The summed E-state index contributed by atoms with van der Waals surface area (Å²) in [6, 6.07) is 9.20. The Labute approximate surface area is 138 Å². The minimum atomic E-state index is -1.53. The molecule has 23 heavy (non-hydrogen) atoms. The average molecular weight is 339 g/mol. The summed E-state index contributed by atoms with van der Waals surface area (Å²) >= 11 is 0. The van der Waals surface area contributed by atoms with E-state index in [1.54, 1.807) is 26.2 Å². The maximum atomic E-state index is 11.5. The van der Waals surface area contributed by atoms with E-state index in [9.17, 15) is 4.79 Å². The third-order valence-electron chi connectivity index (χ3n) is 2.65. The van der Waals surface area contributed by atoms with Gasteiger partial charge in [-0.3, -0.25) is 4.79 Å². The molecule has 0 aromatic heterocycles. The summed E-state index contributed by atoms with van der Waals surface area (Å²) in [5.41, 5.74) is 0. The van der Waals surface area contributed by atoms with Crippen molar-refractivity contribution in [2.24, 2.45) is 0 Å². The predicted octanol–water partition coefficient (Wildman–Crippen LogP) is 2.50. The zero-order valence-electron chi connectivity index (χ0n) is 13.4. The van der Waals surface area contributed by atoms with Crippen molar-refractivity contribution in [3.05, 3.63) is 30.3 Å². The minimum absolute atomic E-state index is 0.000828. The van der Waals surface area contributed by atoms with Crippen molar-refractivity contribution >= 4 is 14.5 Å². The average Bonchev–Trinajstić information content (AvgIpc) is 2.57. The van der Waals surface area contributed by atoms with E-state index in [-0.39, 0.29) is 25.2 Å². The fourth-order valence-corrected chi connectivity index (χ4v) is 2.60. The SMILES string of the molecule is C#CCC(COP(NCC(=O)OCC)Oc1ccccc1)OC. The number of rotatable bonds is 11. The molecule has 2 atom stereocenters. The van der Waals surface area contributed by atoms with Gasteiger partial charge < -0.3 is 18.5 Å². The van der Waals surface area contributed by atoms with E-state index in [0.29, 0.717) is 18.8 Å². The molecule has 0 amide bonds. The van der Waals surface area contributed by atoms with Crippen LogP contribution in [0.15, 0.2) is 30.3 Å². The van der Waals surface area contributed by atoms with Gasteiger partial charge in [0.05, 0.1) is 19.3 Å². The van der Waals surface area contributed by atoms with E-state index >= 15 is 0 Å². The number of para-hydroxylation sites is 1. The number of esters is 1. The van der Waals surface area contributed by atoms with E-state index in [4.69, 9.17) is 24.9 Å². The molecule has 0 aliphatic heterocycles. The van der Waals surface area contributed by atoms with Gasteiger partial charge in [0.1, 0.15) is 12.3 Å². The monoisotopic (exact) mass is 339 g/mol. The molecule has 6 nitrogen and oxygen atoms in total. The molecule has 0 saturated carbocycles. The van der Waals surface area contributed by atoms with Crippen molar-refractivity contribution in [2.45, 2.75) is 19.4 Å². The third kappa shape index (κ3) is 8.53. The Hall–Kier alpha value is -1.64. The molecule has 2 unspecified atom stereocenters. The molecule has 0 saturated heterocycles. The van der Waals surface area contributed by atoms with Crippen molar-refractivity contribution in [3.63, 3.8) is 0 Å². The number of ether oxygens (including phenoxy) is 2. The van der Waals surface area contributed by atoms with E-state index < -0.39 is 8.53 Å². The molecule has 0 fully saturated rings. The van der Waals surface area contributed by atoms with Crippen LogP contribution in [0.4, 0.5) is 0 Å². The van der Waals surface area contributed by atoms with Gasteiger partial charge in [0, 0.05) is 13.5 Å². The van der Waals surface area contributed by atoms with Gasteiger partial charge in [-0.15, -0.1) is 12.3 Å². The molecular formula is C16H22NO5P. The molecule has 0 bridgehead atoms. The first-order chi connectivity index (χ1) is 11.2. The van der Waals surface area contributed by atoms with Crippen LogP contribution in [-0.2, 0) is 18.8 Å². The van der Waals surface area contributed by atoms with Crippen molar-refractivity contribution in [2.75, 3.05) is 26.9 Å². The lowest BCUT2D eigenvalue weighted by Gasteiger charge is -2.20. The highest BCUT2D eigenvalue weighted by Gasteiger charge is 2.18. The molecule has 0 spiro atoms. The first-order valence-corrected chi connectivity index (χ1v) is 8.38. The smallest absolute Gasteiger partial charge is 0.320 e. The molecule has 1 aromatic carbocycles. The molecule has 1 aromatic rings. The summed E-state index contributed by atoms with van der Waals surface area (Å²) in [6.07, 6.45) is 5.48. The summed E-state index contributed by atoms with van der Waals surface area (Å²) in [5, 5.41) is 2.91. The molecule has 0 heterocycles. The highest BCUT2D eigenvalue weighted by molar-refractivity contribution is 7.45. The normalized spacial score (nSPS) is 12.9. The molecule has 126 valence electrons. The zero-order valence-corrected chi connectivity index (χ0v) is 14.3. The summed E-state index contributed by atoms with van der Waals surface area (Å²) in [7, 11) is 0.0386. The number of hydrogen-bond donors (Lipinski definition) is 1. The van der Waals surface area contributed by atoms with E-state index in [1.165, 1.54) is 0 Å². The maximum Gasteiger partial charge on any atom is 0.320 e. The van der Waals surface area contributed by atoms with Crippen LogP contribution in [0.5, 0.6) is 5.75 Å². The quantitative estimate of drug-likeness (QED) is 0.380. The third-order valence-corrected chi connectivity index (χ3v) is 3.82. The summed E-state index contributed by atoms with van der Waals surface area (Å²) in [4.78, 5) is 11.5. The first-order valence-electron chi connectivity index (χ1n) is 7.21. The van der Waals surface area contributed by atoms with E-state index in [0.717, 1.165) is 0 Å². The second kappa shape index (κ2) is 11.9. The fraction of sp³-hybridized carbons (Fsp3) is 0.438. The second-order valence-corrected chi connectivity index (χ2v) is 5.63. The van der Waals surface area contributed by atoms with Crippen molar-refractivity contribution in [3.8, 4) is 18.1 Å². The van der Waals surface area contributed by atoms with Gasteiger partial charge >= 0.3 is 14.5 Å². The van der Waals surface area contributed by atoms with E-state index in [1.807, 2.05) is 18.2 Å². The highest BCUT2D eigenvalue weighted by atomic mass is 31.2. The predicted molar refractivity (Wildman–Crippen MR) is 88.8 cm³/mol. The van der Waals surface area contributed by atoms with Gasteiger partial charge in [-0.2, -0.15) is 0 Å². The maximum absolute atomic E-state index is 11.5. The zero-order chi connectivity index (χ0) is 16.9. The van der Waals surface area contributed by atoms with Gasteiger partial charge in [-0.05, 0) is 19.1 Å². The Bertz CT molecular complexity index is 491. The molecule has 1 rings (SSSR count). The Balaban J connectivity index is 2.56. The molecular weight excluding hydrogens is 317 g/mol. The molecule has 7 heteroatoms. The molecule has 0 aliphatic rings. The molecule has 0 radical (unpaired) electrons.